The monoisotopic (exact) mass is 324 g/mol. The summed E-state index contributed by atoms with van der Waals surface area (Å²) in [6.45, 7) is 3.67. The van der Waals surface area contributed by atoms with Gasteiger partial charge >= 0.3 is 0 Å². The van der Waals surface area contributed by atoms with E-state index in [1.54, 1.807) is 0 Å². The van der Waals surface area contributed by atoms with Crippen molar-refractivity contribution in [3.8, 4) is 11.1 Å². The Morgan fingerprint density at radius 1 is 1.12 bits per heavy atom. The van der Waals surface area contributed by atoms with Gasteiger partial charge in [-0.05, 0) is 42.5 Å². The van der Waals surface area contributed by atoms with E-state index in [4.69, 9.17) is 10.5 Å². The van der Waals surface area contributed by atoms with E-state index in [2.05, 4.69) is 48.6 Å². The first kappa shape index (κ1) is 16.7. The van der Waals surface area contributed by atoms with Gasteiger partial charge in [0.25, 0.3) is 0 Å². The minimum absolute atomic E-state index is 0.0910. The Morgan fingerprint density at radius 3 is 2.50 bits per heavy atom. The average Bonchev–Trinajstić information content (AvgIpc) is 2.60. The molecule has 1 amide bonds. The number of hydrogen-bond acceptors (Lipinski definition) is 3. The second-order valence-corrected chi connectivity index (χ2v) is 6.52. The lowest BCUT2D eigenvalue weighted by Gasteiger charge is -2.31. The van der Waals surface area contributed by atoms with Crippen LogP contribution in [0.4, 0.5) is 0 Å². The van der Waals surface area contributed by atoms with Crippen molar-refractivity contribution in [2.24, 2.45) is 5.73 Å². The fourth-order valence-electron chi connectivity index (χ4n) is 3.01. The number of rotatable bonds is 4. The lowest BCUT2D eigenvalue weighted by atomic mass is 9.90. The van der Waals surface area contributed by atoms with Gasteiger partial charge in [-0.2, -0.15) is 0 Å². The van der Waals surface area contributed by atoms with E-state index < -0.39 is 5.54 Å². The summed E-state index contributed by atoms with van der Waals surface area (Å²) in [5.74, 6) is -0.0910. The van der Waals surface area contributed by atoms with Crippen molar-refractivity contribution >= 4 is 5.91 Å². The molecule has 0 saturated carbocycles. The lowest BCUT2D eigenvalue weighted by Crippen LogP contribution is -2.56. The number of carbonyl (C=O) groups excluding carboxylic acids is 1. The van der Waals surface area contributed by atoms with Crippen LogP contribution in [-0.4, -0.2) is 24.7 Å². The molecule has 2 aromatic carbocycles. The summed E-state index contributed by atoms with van der Waals surface area (Å²) in [6, 6.07) is 16.6. The molecule has 4 heteroatoms. The van der Waals surface area contributed by atoms with E-state index in [9.17, 15) is 4.79 Å². The molecule has 1 heterocycles. The largest absolute Gasteiger partial charge is 0.381 e. The number of carbonyl (C=O) groups is 1. The topological polar surface area (TPSA) is 64.4 Å². The van der Waals surface area contributed by atoms with Crippen LogP contribution in [0.1, 0.15) is 24.0 Å². The van der Waals surface area contributed by atoms with Gasteiger partial charge in [-0.25, -0.2) is 0 Å². The second-order valence-electron chi connectivity index (χ2n) is 6.52. The lowest BCUT2D eigenvalue weighted by molar-refractivity contribution is -0.129. The summed E-state index contributed by atoms with van der Waals surface area (Å²) in [6.07, 6.45) is 1.14. The van der Waals surface area contributed by atoms with Crippen molar-refractivity contribution in [1.29, 1.82) is 0 Å². The molecule has 4 nitrogen and oxygen atoms in total. The molecule has 1 aliphatic heterocycles. The maximum absolute atomic E-state index is 12.4. The van der Waals surface area contributed by atoms with Crippen molar-refractivity contribution in [2.75, 3.05) is 13.2 Å². The van der Waals surface area contributed by atoms with Crippen molar-refractivity contribution in [3.63, 3.8) is 0 Å². The van der Waals surface area contributed by atoms with Crippen LogP contribution in [0.25, 0.3) is 11.1 Å². The third-order valence-corrected chi connectivity index (χ3v) is 4.57. The number of aryl methyl sites for hydroxylation is 1. The minimum atomic E-state index is -0.799. The zero-order valence-corrected chi connectivity index (χ0v) is 14.0. The van der Waals surface area contributed by atoms with Crippen molar-refractivity contribution < 1.29 is 9.53 Å². The Hall–Kier alpha value is -2.17. The van der Waals surface area contributed by atoms with E-state index in [1.165, 1.54) is 11.1 Å². The van der Waals surface area contributed by atoms with Crippen molar-refractivity contribution in [2.45, 2.75) is 31.8 Å². The third-order valence-electron chi connectivity index (χ3n) is 4.57. The molecular formula is C20H24N2O2. The van der Waals surface area contributed by atoms with Crippen molar-refractivity contribution in [3.05, 3.63) is 59.7 Å². The van der Waals surface area contributed by atoms with Crippen LogP contribution in [0.3, 0.4) is 0 Å². The second kappa shape index (κ2) is 7.16. The molecule has 0 bridgehead atoms. The predicted molar refractivity (Wildman–Crippen MR) is 95.4 cm³/mol. The molecule has 24 heavy (non-hydrogen) atoms. The Kier molecular flexibility index (Phi) is 4.97. The molecule has 1 aliphatic rings. The van der Waals surface area contributed by atoms with E-state index in [-0.39, 0.29) is 5.91 Å². The summed E-state index contributed by atoms with van der Waals surface area (Å²) < 4.78 is 5.29. The summed E-state index contributed by atoms with van der Waals surface area (Å²) >= 11 is 0. The molecule has 0 unspecified atom stereocenters. The Bertz CT molecular complexity index is 721. The van der Waals surface area contributed by atoms with Gasteiger partial charge in [0.15, 0.2) is 0 Å². The van der Waals surface area contributed by atoms with E-state index in [1.807, 2.05) is 12.1 Å². The fourth-order valence-corrected chi connectivity index (χ4v) is 3.01. The minimum Gasteiger partial charge on any atom is -0.381 e. The SMILES string of the molecule is Cc1cccc(-c2cccc(CNC(=O)C3(N)CCOCC3)c2)c1. The standard InChI is InChI=1S/C20H24N2O2/c1-15-4-2-6-17(12-15)18-7-3-5-16(13-18)14-22-19(23)20(21)8-10-24-11-9-20/h2-7,12-13H,8-11,14,21H2,1H3,(H,22,23). The normalized spacial score (nSPS) is 16.6. The van der Waals surface area contributed by atoms with Gasteiger partial charge in [0.1, 0.15) is 0 Å². The molecule has 3 N–H and O–H groups in total. The quantitative estimate of drug-likeness (QED) is 0.909. The summed E-state index contributed by atoms with van der Waals surface area (Å²) in [5, 5.41) is 2.98. The highest BCUT2D eigenvalue weighted by Gasteiger charge is 2.35. The first-order valence-electron chi connectivity index (χ1n) is 8.38. The molecule has 0 spiro atoms. The molecule has 3 rings (SSSR count). The van der Waals surface area contributed by atoms with E-state index in [0.717, 1.165) is 11.1 Å². The van der Waals surface area contributed by atoms with Gasteiger partial charge < -0.3 is 15.8 Å². The van der Waals surface area contributed by atoms with Crippen LogP contribution in [0.5, 0.6) is 0 Å². The van der Waals surface area contributed by atoms with Crippen LogP contribution in [0, 0.1) is 6.92 Å². The highest BCUT2D eigenvalue weighted by molar-refractivity contribution is 5.86. The Balaban J connectivity index is 1.68. The first-order chi connectivity index (χ1) is 11.6. The summed E-state index contributed by atoms with van der Waals surface area (Å²) in [5.41, 5.74) is 10.0. The van der Waals surface area contributed by atoms with Crippen LogP contribution in [-0.2, 0) is 16.1 Å². The number of nitrogens with one attached hydrogen (secondary N) is 1. The fraction of sp³-hybridized carbons (Fsp3) is 0.350. The van der Waals surface area contributed by atoms with Gasteiger partial charge in [-0.3, -0.25) is 4.79 Å². The molecular weight excluding hydrogens is 300 g/mol. The zero-order chi connectivity index (χ0) is 17.0. The molecule has 1 fully saturated rings. The van der Waals surface area contributed by atoms with Crippen LogP contribution >= 0.6 is 0 Å². The van der Waals surface area contributed by atoms with Gasteiger partial charge in [0, 0.05) is 19.8 Å². The molecule has 0 atom stereocenters. The number of benzene rings is 2. The smallest absolute Gasteiger partial charge is 0.240 e. The highest BCUT2D eigenvalue weighted by Crippen LogP contribution is 2.22. The molecule has 0 aliphatic carbocycles. The Morgan fingerprint density at radius 2 is 1.79 bits per heavy atom. The first-order valence-corrected chi connectivity index (χ1v) is 8.38. The number of hydrogen-bond donors (Lipinski definition) is 2. The maximum atomic E-state index is 12.4. The summed E-state index contributed by atoms with van der Waals surface area (Å²) in [7, 11) is 0. The molecule has 1 saturated heterocycles. The van der Waals surface area contributed by atoms with Crippen molar-refractivity contribution in [1.82, 2.24) is 5.32 Å². The van der Waals surface area contributed by atoms with Crippen LogP contribution in [0.2, 0.25) is 0 Å². The zero-order valence-electron chi connectivity index (χ0n) is 14.0. The maximum Gasteiger partial charge on any atom is 0.240 e. The summed E-state index contributed by atoms with van der Waals surface area (Å²) in [4.78, 5) is 12.4. The third kappa shape index (κ3) is 3.83. The van der Waals surface area contributed by atoms with Gasteiger partial charge in [-0.15, -0.1) is 0 Å². The molecule has 2 aromatic rings. The van der Waals surface area contributed by atoms with Crippen LogP contribution < -0.4 is 11.1 Å². The number of nitrogens with two attached hydrogens (primary N) is 1. The molecule has 0 aromatic heterocycles. The van der Waals surface area contributed by atoms with Gasteiger partial charge in [0.05, 0.1) is 5.54 Å². The van der Waals surface area contributed by atoms with E-state index >= 15 is 0 Å². The number of amides is 1. The van der Waals surface area contributed by atoms with Gasteiger partial charge in [-0.1, -0.05) is 48.0 Å². The van der Waals surface area contributed by atoms with Crippen LogP contribution in [0.15, 0.2) is 48.5 Å². The highest BCUT2D eigenvalue weighted by atomic mass is 16.5. The predicted octanol–water partition coefficient (Wildman–Crippen LogP) is 2.79. The van der Waals surface area contributed by atoms with E-state index in [0.29, 0.717) is 32.6 Å². The number of ether oxygens (including phenoxy) is 1. The molecule has 126 valence electrons. The average molecular weight is 324 g/mol. The Labute approximate surface area is 143 Å². The molecule has 0 radical (unpaired) electrons. The van der Waals surface area contributed by atoms with Gasteiger partial charge in [0.2, 0.25) is 5.91 Å².